The van der Waals surface area contributed by atoms with E-state index in [0.29, 0.717) is 0 Å². The third kappa shape index (κ3) is 89.2. The summed E-state index contributed by atoms with van der Waals surface area (Å²) in [5.41, 5.74) is 0. The second kappa shape index (κ2) is 76.4. The first kappa shape index (κ1) is 103. The van der Waals surface area contributed by atoms with Crippen molar-refractivity contribution >= 4 is 21.9 Å². The summed E-state index contributed by atoms with van der Waals surface area (Å²) in [4.78, 5) is 0. The van der Waals surface area contributed by atoms with Gasteiger partial charge in [-0.25, -0.2) is 0 Å². The van der Waals surface area contributed by atoms with Gasteiger partial charge in [-0.15, -0.1) is 0 Å². The zero-order chi connectivity index (χ0) is 73.5. The summed E-state index contributed by atoms with van der Waals surface area (Å²) in [5.74, 6) is 0. The Labute approximate surface area is 627 Å². The van der Waals surface area contributed by atoms with Gasteiger partial charge in [-0.3, -0.25) is 0 Å². The van der Waals surface area contributed by atoms with Crippen LogP contribution in [0.3, 0.4) is 0 Å². The quantitative estimate of drug-likeness (QED) is 0.0249. The molecule has 0 spiro atoms. The number of unbranched alkanes of at least 4 members (excludes halogenated alkanes) is 72. The molecule has 0 N–H and O–H groups in total. The molecule has 0 aromatic carbocycles. The summed E-state index contributed by atoms with van der Waals surface area (Å²) in [6.07, 6.45) is 124. The van der Waals surface area contributed by atoms with E-state index >= 15 is 0 Å². The van der Waals surface area contributed by atoms with Gasteiger partial charge in [0.25, 0.3) is 0 Å². The van der Waals surface area contributed by atoms with Gasteiger partial charge in [-0.2, -0.15) is 4.17 Å². The van der Waals surface area contributed by atoms with Crippen molar-refractivity contribution in [3.8, 4) is 0 Å². The van der Waals surface area contributed by atoms with Crippen molar-refractivity contribution in [2.45, 2.75) is 542 Å². The van der Waals surface area contributed by atoms with Gasteiger partial charge in [-0.05, 0) is 38.5 Å². The van der Waals surface area contributed by atoms with Crippen molar-refractivity contribution in [3.05, 3.63) is 0 Å². The van der Waals surface area contributed by atoms with Gasteiger partial charge in [0.1, 0.15) is 0 Å². The van der Waals surface area contributed by atoms with Crippen LogP contribution in [-0.2, 0) is 0 Å². The maximum absolute atomic E-state index is 10.7. The van der Waals surface area contributed by atoms with Crippen molar-refractivity contribution in [2.75, 3.05) is 37.0 Å². The van der Waals surface area contributed by atoms with E-state index in [1.165, 1.54) is 501 Å². The SMILES string of the molecule is CCCCCCCCCCCCCCCP(CCCCCCCCCCCCCCC)(CCCCCCCCCCCCCCC)=[N+]=P(CCCCCCCCCCCCCCC)(CCCCCCCCCCCCCCC)CCCCCCCCCCCCCCC.F[P-](F)(F)(F)(F)F. The van der Waals surface area contributed by atoms with Gasteiger partial charge in [0.2, 0.25) is 14.1 Å². The third-order valence-corrected chi connectivity index (χ3v) is 32.4. The molecule has 0 saturated carbocycles. The molecule has 0 aliphatic carbocycles. The van der Waals surface area contributed by atoms with Crippen LogP contribution in [0.4, 0.5) is 25.2 Å². The molecular weight excluding hydrogens is 1300 g/mol. The van der Waals surface area contributed by atoms with Gasteiger partial charge in [0, 0.05) is 37.0 Å². The molecule has 0 saturated heterocycles. The van der Waals surface area contributed by atoms with Gasteiger partial charge >= 0.3 is 33.0 Å². The number of rotatable bonds is 84. The Morgan fingerprint density at radius 2 is 0.210 bits per heavy atom. The number of hydrogen-bond donors (Lipinski definition) is 0. The van der Waals surface area contributed by atoms with Crippen LogP contribution in [0, 0.1) is 0 Å². The molecule has 0 rings (SSSR count). The zero-order valence-corrected chi connectivity index (χ0v) is 72.1. The van der Waals surface area contributed by atoms with Crippen LogP contribution in [0.5, 0.6) is 0 Å². The van der Waals surface area contributed by atoms with E-state index in [-0.39, 0.29) is 0 Å². The molecule has 0 amide bonds. The van der Waals surface area contributed by atoms with Crippen LogP contribution >= 0.6 is 21.9 Å². The number of halogens is 6. The van der Waals surface area contributed by atoms with E-state index in [0.717, 1.165) is 0 Å². The fourth-order valence-electron chi connectivity index (χ4n) is 15.9. The van der Waals surface area contributed by atoms with Crippen LogP contribution in [0.25, 0.3) is 0 Å². The van der Waals surface area contributed by atoms with Crippen molar-refractivity contribution in [1.82, 2.24) is 4.17 Å². The van der Waals surface area contributed by atoms with Crippen molar-refractivity contribution in [1.29, 1.82) is 0 Å². The van der Waals surface area contributed by atoms with Gasteiger partial charge in [0.05, 0.1) is 0 Å². The number of hydrogen-bond acceptors (Lipinski definition) is 0. The monoisotopic (exact) mass is 1490 g/mol. The summed E-state index contributed by atoms with van der Waals surface area (Å²) >= 11 is 0. The minimum atomic E-state index is -10.7. The summed E-state index contributed by atoms with van der Waals surface area (Å²) in [6.45, 7) is 14.1. The first-order valence-electron chi connectivity index (χ1n) is 46.6. The van der Waals surface area contributed by atoms with E-state index in [9.17, 15) is 25.2 Å². The van der Waals surface area contributed by atoms with E-state index < -0.39 is 21.9 Å². The number of nitrogens with zero attached hydrogens (tertiary/aromatic N) is 1. The molecule has 0 aliphatic rings. The molecule has 1 nitrogen and oxygen atoms in total. The Kier molecular flexibility index (Phi) is 78.4. The summed E-state index contributed by atoms with van der Waals surface area (Å²) in [6, 6.07) is 0. The van der Waals surface area contributed by atoms with Crippen LogP contribution < -0.4 is 4.17 Å². The first-order chi connectivity index (χ1) is 48.5. The predicted molar refractivity (Wildman–Crippen MR) is 453 cm³/mol. The topological polar surface area (TPSA) is 14.1 Å². The van der Waals surface area contributed by atoms with Gasteiger partial charge in [-0.1, -0.05) is 504 Å². The molecule has 0 aliphatic heterocycles. The van der Waals surface area contributed by atoms with Crippen LogP contribution in [-0.4, -0.2) is 37.0 Å². The second-order valence-corrected chi connectivity index (χ2v) is 42.7. The fraction of sp³-hybridized carbons (Fsp3) is 1.00. The molecule has 0 aromatic rings. The Bertz CT molecular complexity index is 1420. The van der Waals surface area contributed by atoms with E-state index in [1.807, 2.05) is 0 Å². The first-order valence-corrected chi connectivity index (χ1v) is 53.2. The molecule has 0 fully saturated rings. The molecule has 100 heavy (non-hydrogen) atoms. The Morgan fingerprint density at radius 1 is 0.140 bits per heavy atom. The van der Waals surface area contributed by atoms with Gasteiger partial charge < -0.3 is 0 Å². The molecule has 10 heteroatoms. The Balaban J connectivity index is 0. The zero-order valence-electron chi connectivity index (χ0n) is 69.5. The van der Waals surface area contributed by atoms with Crippen LogP contribution in [0.2, 0.25) is 0 Å². The van der Waals surface area contributed by atoms with E-state index in [2.05, 4.69) is 41.5 Å². The third-order valence-electron chi connectivity index (χ3n) is 22.4. The molecular formula is C90H186F6NP3. The molecule has 0 aromatic heterocycles. The van der Waals surface area contributed by atoms with Crippen LogP contribution in [0.15, 0.2) is 0 Å². The fourth-order valence-corrected chi connectivity index (χ4v) is 27.5. The average Bonchev–Trinajstić information content (AvgIpc) is 0.801. The van der Waals surface area contributed by atoms with Crippen molar-refractivity contribution in [2.24, 2.45) is 0 Å². The van der Waals surface area contributed by atoms with Crippen LogP contribution in [0.1, 0.15) is 542 Å². The summed E-state index contributed by atoms with van der Waals surface area (Å²) in [7, 11) is -13.6. The summed E-state index contributed by atoms with van der Waals surface area (Å²) in [5, 5.41) is 0. The van der Waals surface area contributed by atoms with Crippen molar-refractivity contribution < 1.29 is 25.2 Å². The minimum absolute atomic E-state index is 1.37. The molecule has 0 radical (unpaired) electrons. The molecule has 0 unspecified atom stereocenters. The summed E-state index contributed by atoms with van der Waals surface area (Å²) < 4.78 is 66.3. The molecule has 608 valence electrons. The van der Waals surface area contributed by atoms with Crippen molar-refractivity contribution in [3.63, 3.8) is 0 Å². The molecule has 0 heterocycles. The Hall–Kier alpha value is 0.580. The van der Waals surface area contributed by atoms with E-state index in [1.54, 1.807) is 37.0 Å². The molecule has 0 bridgehead atoms. The maximum atomic E-state index is 9.87. The normalized spacial score (nSPS) is 12.9. The predicted octanol–water partition coefficient (Wildman–Crippen LogP) is 38.4. The van der Waals surface area contributed by atoms with Gasteiger partial charge in [0.15, 0.2) is 0 Å². The average molecular weight is 1490 g/mol. The standard InChI is InChI=1S/C90H186NP2.F6P/c1-7-13-19-25-31-37-43-49-55-61-67-73-79-85-92(86-80-74-68-62-56-50-44-38-32-26-20-14-8-2,87-81-75-69-63-57-51-45-39-33-27-21-15-9-3)91-93(88-82-76-70-64-58-52-46-40-34-28-22-16-10-4,89-83-77-71-65-59-53-47-41-35-29-23-17-11-5)90-84-78-72-66-60-54-48-42-36-30-24-18-12-6;1-7(2,3,4,5)6/h7-90H2,1-6H3;/q+1;-1. The van der Waals surface area contributed by atoms with E-state index in [4.69, 9.17) is 4.17 Å². The second-order valence-electron chi connectivity index (χ2n) is 33.0. The Morgan fingerprint density at radius 3 is 0.290 bits per heavy atom. The molecule has 0 atom stereocenters.